The summed E-state index contributed by atoms with van der Waals surface area (Å²) in [5, 5.41) is 2.61. The van der Waals surface area contributed by atoms with Gasteiger partial charge in [-0.25, -0.2) is 4.79 Å². The van der Waals surface area contributed by atoms with Gasteiger partial charge in [0.25, 0.3) is 0 Å². The van der Waals surface area contributed by atoms with Gasteiger partial charge < -0.3 is 29.0 Å². The van der Waals surface area contributed by atoms with Gasteiger partial charge in [-0.1, -0.05) is 30.3 Å². The highest BCUT2D eigenvalue weighted by Gasteiger charge is 2.15. The summed E-state index contributed by atoms with van der Waals surface area (Å²) >= 11 is 0. The Morgan fingerprint density at radius 1 is 0.862 bits per heavy atom. The van der Waals surface area contributed by atoms with E-state index in [-0.39, 0.29) is 19.0 Å². The normalized spacial score (nSPS) is 11.1. The first kappa shape index (κ1) is 24.9. The zero-order valence-electron chi connectivity index (χ0n) is 17.6. The van der Waals surface area contributed by atoms with E-state index in [1.54, 1.807) is 0 Å². The van der Waals surface area contributed by atoms with Crippen molar-refractivity contribution in [2.24, 2.45) is 0 Å². The van der Waals surface area contributed by atoms with Gasteiger partial charge in [-0.2, -0.15) is 0 Å². The zero-order valence-corrected chi connectivity index (χ0v) is 17.6. The van der Waals surface area contributed by atoms with Crippen molar-refractivity contribution < 1.29 is 33.3 Å². The molecule has 0 atom stereocenters. The van der Waals surface area contributed by atoms with Crippen LogP contribution in [0.1, 0.15) is 32.8 Å². The van der Waals surface area contributed by atoms with Crippen molar-refractivity contribution in [1.29, 1.82) is 0 Å². The molecule has 0 aliphatic rings. The van der Waals surface area contributed by atoms with Gasteiger partial charge in [0.15, 0.2) is 0 Å². The van der Waals surface area contributed by atoms with E-state index in [1.807, 2.05) is 51.1 Å². The highest BCUT2D eigenvalue weighted by molar-refractivity contribution is 5.69. The molecule has 0 saturated carbocycles. The number of carbonyl (C=O) groups is 2. The number of esters is 1. The molecule has 29 heavy (non-hydrogen) atoms. The maximum atomic E-state index is 11.6. The Morgan fingerprint density at radius 2 is 1.45 bits per heavy atom. The number of rotatable bonds is 14. The average Bonchev–Trinajstić information content (AvgIpc) is 2.66. The SMILES string of the molecule is CC(C)(C)OC(=O)NCCOCCOCCOCCC(=O)OCc1ccccc1. The fourth-order valence-electron chi connectivity index (χ4n) is 2.05. The lowest BCUT2D eigenvalue weighted by atomic mass is 10.2. The lowest BCUT2D eigenvalue weighted by Gasteiger charge is -2.19. The van der Waals surface area contributed by atoms with Gasteiger partial charge in [-0.3, -0.25) is 4.79 Å². The van der Waals surface area contributed by atoms with E-state index in [2.05, 4.69) is 5.32 Å². The molecule has 8 nitrogen and oxygen atoms in total. The third kappa shape index (κ3) is 15.4. The molecule has 0 spiro atoms. The molecule has 0 aromatic heterocycles. The molecule has 1 aromatic rings. The molecule has 0 aliphatic carbocycles. The minimum absolute atomic E-state index is 0.209. The van der Waals surface area contributed by atoms with Crippen LogP contribution >= 0.6 is 0 Å². The van der Waals surface area contributed by atoms with Crippen LogP contribution in [0.3, 0.4) is 0 Å². The van der Waals surface area contributed by atoms with Gasteiger partial charge in [0.05, 0.1) is 46.1 Å². The third-order valence-electron chi connectivity index (χ3n) is 3.35. The Kier molecular flexibility index (Phi) is 12.7. The number of amides is 1. The van der Waals surface area contributed by atoms with E-state index < -0.39 is 11.7 Å². The lowest BCUT2D eigenvalue weighted by Crippen LogP contribution is -2.34. The lowest BCUT2D eigenvalue weighted by molar-refractivity contribution is -0.146. The van der Waals surface area contributed by atoms with Gasteiger partial charge in [-0.05, 0) is 26.3 Å². The molecule has 0 fully saturated rings. The Hall–Kier alpha value is -2.16. The second-order valence-electron chi connectivity index (χ2n) is 7.16. The van der Waals surface area contributed by atoms with Gasteiger partial charge in [0.2, 0.25) is 0 Å². The fraction of sp³-hybridized carbons (Fsp3) is 0.619. The van der Waals surface area contributed by atoms with E-state index in [0.717, 1.165) is 5.56 Å². The first-order chi connectivity index (χ1) is 13.9. The topological polar surface area (TPSA) is 92.3 Å². The quantitative estimate of drug-likeness (QED) is 0.372. The Bertz CT molecular complexity index is 572. The molecule has 0 unspecified atom stereocenters. The van der Waals surface area contributed by atoms with E-state index in [1.165, 1.54) is 0 Å². The number of carbonyl (C=O) groups excluding carboxylic acids is 2. The molecular weight excluding hydrogens is 378 g/mol. The van der Waals surface area contributed by atoms with Gasteiger partial charge in [0, 0.05) is 6.54 Å². The second-order valence-corrected chi connectivity index (χ2v) is 7.16. The summed E-state index contributed by atoms with van der Waals surface area (Å²) in [5.74, 6) is -0.289. The summed E-state index contributed by atoms with van der Waals surface area (Å²) in [6.45, 7) is 8.40. The van der Waals surface area contributed by atoms with Crippen LogP contribution in [0.15, 0.2) is 30.3 Å². The molecule has 1 N–H and O–H groups in total. The van der Waals surface area contributed by atoms with Crippen molar-refractivity contribution in [2.75, 3.05) is 46.2 Å². The van der Waals surface area contributed by atoms with E-state index in [9.17, 15) is 9.59 Å². The highest BCUT2D eigenvalue weighted by atomic mass is 16.6. The predicted molar refractivity (Wildman–Crippen MR) is 108 cm³/mol. The maximum absolute atomic E-state index is 11.6. The molecule has 0 radical (unpaired) electrons. The molecule has 0 bridgehead atoms. The zero-order chi connectivity index (χ0) is 21.4. The van der Waals surface area contributed by atoms with E-state index in [4.69, 9.17) is 23.7 Å². The van der Waals surface area contributed by atoms with Crippen molar-refractivity contribution in [1.82, 2.24) is 5.32 Å². The Balaban J connectivity index is 1.83. The molecule has 1 aromatic carbocycles. The number of ether oxygens (including phenoxy) is 5. The summed E-state index contributed by atoms with van der Waals surface area (Å²) < 4.78 is 26.3. The highest BCUT2D eigenvalue weighted by Crippen LogP contribution is 2.06. The Labute approximate surface area is 172 Å². The van der Waals surface area contributed by atoms with Gasteiger partial charge in [0.1, 0.15) is 12.2 Å². The number of alkyl carbamates (subject to hydrolysis) is 1. The molecule has 8 heteroatoms. The number of benzene rings is 1. The molecule has 0 heterocycles. The number of hydrogen-bond donors (Lipinski definition) is 1. The van der Waals surface area contributed by atoms with Crippen LogP contribution in [0, 0.1) is 0 Å². The Morgan fingerprint density at radius 3 is 2.07 bits per heavy atom. The third-order valence-corrected chi connectivity index (χ3v) is 3.35. The van der Waals surface area contributed by atoms with Crippen LogP contribution in [-0.2, 0) is 35.1 Å². The molecule has 1 amide bonds. The molecule has 0 aliphatic heterocycles. The minimum atomic E-state index is -0.511. The van der Waals surface area contributed by atoms with Crippen LogP contribution < -0.4 is 5.32 Å². The van der Waals surface area contributed by atoms with Gasteiger partial charge >= 0.3 is 12.1 Å². The molecule has 1 rings (SSSR count). The van der Waals surface area contributed by atoms with Crippen LogP contribution in [-0.4, -0.2) is 63.8 Å². The molecule has 164 valence electrons. The van der Waals surface area contributed by atoms with Crippen LogP contribution in [0.4, 0.5) is 4.79 Å². The van der Waals surface area contributed by atoms with E-state index in [0.29, 0.717) is 46.2 Å². The van der Waals surface area contributed by atoms with E-state index >= 15 is 0 Å². The number of hydrogen-bond acceptors (Lipinski definition) is 7. The minimum Gasteiger partial charge on any atom is -0.461 e. The fourth-order valence-corrected chi connectivity index (χ4v) is 2.05. The van der Waals surface area contributed by atoms with Crippen LogP contribution in [0.25, 0.3) is 0 Å². The summed E-state index contributed by atoms with van der Waals surface area (Å²) in [4.78, 5) is 23.0. The van der Waals surface area contributed by atoms with Crippen molar-refractivity contribution >= 4 is 12.1 Å². The summed E-state index contributed by atoms with van der Waals surface area (Å²) in [6, 6.07) is 9.53. The average molecular weight is 411 g/mol. The molecule has 0 saturated heterocycles. The van der Waals surface area contributed by atoms with Crippen molar-refractivity contribution in [3.63, 3.8) is 0 Å². The predicted octanol–water partition coefficient (Wildman–Crippen LogP) is 2.69. The first-order valence-electron chi connectivity index (χ1n) is 9.76. The number of nitrogens with one attached hydrogen (secondary N) is 1. The van der Waals surface area contributed by atoms with Crippen LogP contribution in [0.5, 0.6) is 0 Å². The second kappa shape index (κ2) is 14.8. The summed E-state index contributed by atoms with van der Waals surface area (Å²) in [6.07, 6.45) is -0.251. The first-order valence-corrected chi connectivity index (χ1v) is 9.76. The largest absolute Gasteiger partial charge is 0.461 e. The van der Waals surface area contributed by atoms with Crippen molar-refractivity contribution in [3.8, 4) is 0 Å². The molecular formula is C21H33NO7. The van der Waals surface area contributed by atoms with Crippen molar-refractivity contribution in [3.05, 3.63) is 35.9 Å². The monoisotopic (exact) mass is 411 g/mol. The van der Waals surface area contributed by atoms with Crippen LogP contribution in [0.2, 0.25) is 0 Å². The maximum Gasteiger partial charge on any atom is 0.407 e. The smallest absolute Gasteiger partial charge is 0.407 e. The summed E-state index contributed by atoms with van der Waals surface area (Å²) in [5.41, 5.74) is 0.446. The summed E-state index contributed by atoms with van der Waals surface area (Å²) in [7, 11) is 0. The van der Waals surface area contributed by atoms with Gasteiger partial charge in [-0.15, -0.1) is 0 Å². The van der Waals surface area contributed by atoms with Crippen molar-refractivity contribution in [2.45, 2.75) is 39.4 Å². The standard InChI is InChI=1S/C21H33NO7/c1-21(2,3)29-20(24)22-10-12-26-14-16-27-15-13-25-11-9-19(23)28-17-18-7-5-4-6-8-18/h4-8H,9-17H2,1-3H3,(H,22,24).